The molecule has 0 atom stereocenters. The van der Waals surface area contributed by atoms with Gasteiger partial charge in [0.25, 0.3) is 10.9 Å². The van der Waals surface area contributed by atoms with Crippen LogP contribution in [-0.4, -0.2) is 44.2 Å². The molecule has 0 amide bonds. The first-order chi connectivity index (χ1) is 9.86. The summed E-state index contributed by atoms with van der Waals surface area (Å²) in [7, 11) is -3.58. The number of sulfone groups is 1. The zero-order chi connectivity index (χ0) is 15.2. The zero-order valence-corrected chi connectivity index (χ0v) is 12.0. The number of rotatable bonds is 2. The summed E-state index contributed by atoms with van der Waals surface area (Å²) in [5, 5.41) is 3.81. The minimum absolute atomic E-state index is 0.0705. The van der Waals surface area contributed by atoms with Gasteiger partial charge in [-0.1, -0.05) is 0 Å². The molecule has 108 valence electrons. The largest absolute Gasteiger partial charge is 0.368 e. The number of aryl methyl sites for hydroxylation is 1. The summed E-state index contributed by atoms with van der Waals surface area (Å²) in [5.41, 5.74) is 7.35. The van der Waals surface area contributed by atoms with Crippen molar-refractivity contribution < 1.29 is 8.42 Å². The molecule has 0 unspecified atom stereocenters. The quantitative estimate of drug-likeness (QED) is 0.693. The van der Waals surface area contributed by atoms with Gasteiger partial charge in [-0.3, -0.25) is 4.98 Å². The normalized spacial score (nSPS) is 11.9. The van der Waals surface area contributed by atoms with E-state index in [2.05, 4.69) is 25.0 Å². The molecule has 9 nitrogen and oxygen atoms in total. The van der Waals surface area contributed by atoms with Crippen LogP contribution in [0.5, 0.6) is 0 Å². The second-order valence-corrected chi connectivity index (χ2v) is 6.38. The third-order valence-electron chi connectivity index (χ3n) is 2.82. The number of anilines is 1. The number of hydrogen-bond donors (Lipinski definition) is 1. The summed E-state index contributed by atoms with van der Waals surface area (Å²) < 4.78 is 24.2. The van der Waals surface area contributed by atoms with Crippen molar-refractivity contribution in [3.8, 4) is 11.4 Å². The Labute approximate surface area is 119 Å². The third kappa shape index (κ3) is 2.29. The second-order valence-electron chi connectivity index (χ2n) is 4.47. The highest BCUT2D eigenvalue weighted by atomic mass is 32.2. The molecule has 3 rings (SSSR count). The van der Waals surface area contributed by atoms with Crippen LogP contribution < -0.4 is 5.73 Å². The second kappa shape index (κ2) is 4.45. The summed E-state index contributed by atoms with van der Waals surface area (Å²) in [6.45, 7) is 1.89. The SMILES string of the molecule is Cc1ccncc1-c1nc2nc(S(C)(=O)=O)nc(N)n2n1. The highest BCUT2D eigenvalue weighted by Crippen LogP contribution is 2.19. The van der Waals surface area contributed by atoms with Gasteiger partial charge in [0.1, 0.15) is 0 Å². The van der Waals surface area contributed by atoms with E-state index >= 15 is 0 Å². The van der Waals surface area contributed by atoms with Crippen LogP contribution in [0.25, 0.3) is 17.2 Å². The van der Waals surface area contributed by atoms with Crippen molar-refractivity contribution >= 4 is 21.6 Å². The Kier molecular flexibility index (Phi) is 2.83. The lowest BCUT2D eigenvalue weighted by atomic mass is 10.1. The molecule has 3 aromatic rings. The number of nitrogens with zero attached hydrogens (tertiary/aromatic N) is 6. The van der Waals surface area contributed by atoms with Gasteiger partial charge in [-0.15, -0.1) is 5.10 Å². The topological polar surface area (TPSA) is 129 Å². The van der Waals surface area contributed by atoms with Crippen LogP contribution >= 0.6 is 0 Å². The van der Waals surface area contributed by atoms with E-state index in [-0.39, 0.29) is 16.9 Å². The van der Waals surface area contributed by atoms with Crippen molar-refractivity contribution in [2.24, 2.45) is 0 Å². The fourth-order valence-electron chi connectivity index (χ4n) is 1.76. The number of fused-ring (bicyclic) bond motifs is 1. The smallest absolute Gasteiger partial charge is 0.258 e. The van der Waals surface area contributed by atoms with E-state index in [0.717, 1.165) is 11.8 Å². The summed E-state index contributed by atoms with van der Waals surface area (Å²) >= 11 is 0. The van der Waals surface area contributed by atoms with Crippen LogP contribution in [0.3, 0.4) is 0 Å². The molecule has 2 N–H and O–H groups in total. The minimum Gasteiger partial charge on any atom is -0.368 e. The molecule has 0 radical (unpaired) electrons. The Hall–Kier alpha value is -2.62. The lowest BCUT2D eigenvalue weighted by molar-refractivity contribution is 0.592. The molecule has 0 aliphatic heterocycles. The molecule has 0 aliphatic carbocycles. The highest BCUT2D eigenvalue weighted by Gasteiger charge is 2.18. The van der Waals surface area contributed by atoms with Gasteiger partial charge in [0.2, 0.25) is 15.8 Å². The number of hydrogen-bond acceptors (Lipinski definition) is 8. The number of nitrogens with two attached hydrogens (primary N) is 1. The molecule has 0 aliphatic rings. The highest BCUT2D eigenvalue weighted by molar-refractivity contribution is 7.90. The van der Waals surface area contributed by atoms with Crippen LogP contribution in [0, 0.1) is 6.92 Å². The Morgan fingerprint density at radius 1 is 1.24 bits per heavy atom. The van der Waals surface area contributed by atoms with Crippen LogP contribution in [0.4, 0.5) is 5.95 Å². The minimum atomic E-state index is -3.58. The van der Waals surface area contributed by atoms with Gasteiger partial charge < -0.3 is 5.73 Å². The fourth-order valence-corrected chi connectivity index (χ4v) is 2.27. The van der Waals surface area contributed by atoms with E-state index in [9.17, 15) is 8.42 Å². The molecule has 0 saturated carbocycles. The molecule has 0 aromatic carbocycles. The lowest BCUT2D eigenvalue weighted by Crippen LogP contribution is -2.11. The molecular formula is C11H11N7O2S. The lowest BCUT2D eigenvalue weighted by Gasteiger charge is -1.99. The van der Waals surface area contributed by atoms with Crippen molar-refractivity contribution in [2.75, 3.05) is 12.0 Å². The fraction of sp³-hybridized carbons (Fsp3) is 0.182. The number of aromatic nitrogens is 6. The monoisotopic (exact) mass is 305 g/mol. The van der Waals surface area contributed by atoms with Crippen molar-refractivity contribution in [1.29, 1.82) is 0 Å². The van der Waals surface area contributed by atoms with E-state index in [4.69, 9.17) is 5.73 Å². The van der Waals surface area contributed by atoms with E-state index in [1.165, 1.54) is 4.52 Å². The standard InChI is InChI=1S/C11H11N7O2S/c1-6-3-4-13-5-7(6)8-14-10-16-11(21(2,19)20)15-9(12)18(10)17-8/h3-5H,1-2H3,(H2,12,14,15,16,17). The average molecular weight is 305 g/mol. The first kappa shape index (κ1) is 13.4. The van der Waals surface area contributed by atoms with Crippen molar-refractivity contribution in [3.05, 3.63) is 24.0 Å². The summed E-state index contributed by atoms with van der Waals surface area (Å²) in [4.78, 5) is 15.8. The van der Waals surface area contributed by atoms with Crippen LogP contribution in [-0.2, 0) is 9.84 Å². The van der Waals surface area contributed by atoms with Gasteiger partial charge in [-0.05, 0) is 18.6 Å². The molecule has 0 spiro atoms. The number of pyridine rings is 1. The summed E-state index contributed by atoms with van der Waals surface area (Å²) in [6, 6.07) is 1.82. The van der Waals surface area contributed by atoms with Gasteiger partial charge in [-0.25, -0.2) is 8.42 Å². The van der Waals surface area contributed by atoms with Crippen LogP contribution in [0.2, 0.25) is 0 Å². The van der Waals surface area contributed by atoms with Crippen molar-refractivity contribution in [2.45, 2.75) is 12.1 Å². The third-order valence-corrected chi connectivity index (χ3v) is 3.67. The maximum Gasteiger partial charge on any atom is 0.258 e. The number of nitrogen functional groups attached to an aromatic ring is 1. The van der Waals surface area contributed by atoms with E-state index < -0.39 is 9.84 Å². The Bertz CT molecular complexity index is 948. The Morgan fingerprint density at radius 2 is 2.00 bits per heavy atom. The van der Waals surface area contributed by atoms with E-state index in [1.54, 1.807) is 12.4 Å². The summed E-state index contributed by atoms with van der Waals surface area (Å²) in [5.74, 6) is 0.328. The first-order valence-corrected chi connectivity index (χ1v) is 7.77. The van der Waals surface area contributed by atoms with E-state index in [0.29, 0.717) is 11.4 Å². The van der Waals surface area contributed by atoms with E-state index in [1.807, 2.05) is 13.0 Å². The van der Waals surface area contributed by atoms with Crippen LogP contribution in [0.1, 0.15) is 5.56 Å². The maximum atomic E-state index is 11.5. The zero-order valence-electron chi connectivity index (χ0n) is 11.2. The molecule has 0 saturated heterocycles. The van der Waals surface area contributed by atoms with Gasteiger partial charge in [-0.2, -0.15) is 19.5 Å². The average Bonchev–Trinajstić information content (AvgIpc) is 2.82. The molecule has 3 heterocycles. The van der Waals surface area contributed by atoms with Gasteiger partial charge in [0.05, 0.1) is 0 Å². The molecule has 21 heavy (non-hydrogen) atoms. The Morgan fingerprint density at radius 3 is 2.67 bits per heavy atom. The molecular weight excluding hydrogens is 294 g/mol. The summed E-state index contributed by atoms with van der Waals surface area (Å²) in [6.07, 6.45) is 4.27. The van der Waals surface area contributed by atoms with Crippen molar-refractivity contribution in [1.82, 2.24) is 29.5 Å². The molecule has 0 bridgehead atoms. The van der Waals surface area contributed by atoms with Crippen molar-refractivity contribution in [3.63, 3.8) is 0 Å². The first-order valence-electron chi connectivity index (χ1n) is 5.87. The predicted molar refractivity (Wildman–Crippen MR) is 74.1 cm³/mol. The van der Waals surface area contributed by atoms with Gasteiger partial charge in [0.15, 0.2) is 5.82 Å². The Balaban J connectivity index is 2.26. The van der Waals surface area contributed by atoms with Gasteiger partial charge in [0, 0.05) is 24.2 Å². The molecule has 10 heteroatoms. The molecule has 0 fully saturated rings. The predicted octanol–water partition coefficient (Wildman–Crippen LogP) is -0.125. The molecule has 3 aromatic heterocycles. The maximum absolute atomic E-state index is 11.5. The van der Waals surface area contributed by atoms with Crippen LogP contribution in [0.15, 0.2) is 23.6 Å². The van der Waals surface area contributed by atoms with Gasteiger partial charge >= 0.3 is 0 Å².